The predicted molar refractivity (Wildman–Crippen MR) is 65.5 cm³/mol. The molecule has 13 heavy (non-hydrogen) atoms. The van der Waals surface area contributed by atoms with Crippen LogP contribution in [0.2, 0.25) is 0 Å². The minimum absolute atomic E-state index is 0.115. The van der Waals surface area contributed by atoms with E-state index < -0.39 is 0 Å². The van der Waals surface area contributed by atoms with Crippen molar-refractivity contribution in [1.29, 1.82) is 0 Å². The molecule has 1 aromatic rings. The molecule has 0 fully saturated rings. The molecule has 0 amide bonds. The Kier molecular flexibility index (Phi) is 3.35. The van der Waals surface area contributed by atoms with Gasteiger partial charge in [0.05, 0.1) is 0 Å². The summed E-state index contributed by atoms with van der Waals surface area (Å²) in [4.78, 5) is 0. The minimum Gasteiger partial charge on any atom is -0.324 e. The average Bonchev–Trinajstić information content (AvgIpc) is 2.03. The number of benzene rings is 1. The lowest BCUT2D eigenvalue weighted by Crippen LogP contribution is -2.26. The zero-order valence-electron chi connectivity index (χ0n) is 8.34. The molecule has 0 aliphatic carbocycles. The zero-order valence-corrected chi connectivity index (χ0v) is 10.5. The van der Waals surface area contributed by atoms with Crippen molar-refractivity contribution in [2.45, 2.75) is 26.8 Å². The van der Waals surface area contributed by atoms with Gasteiger partial charge in [-0.05, 0) is 45.7 Å². The van der Waals surface area contributed by atoms with Gasteiger partial charge in [0.2, 0.25) is 0 Å². The van der Waals surface area contributed by atoms with E-state index in [4.69, 9.17) is 5.73 Å². The van der Waals surface area contributed by atoms with Crippen molar-refractivity contribution in [2.75, 3.05) is 0 Å². The van der Waals surface area contributed by atoms with Crippen LogP contribution in [0.25, 0.3) is 0 Å². The number of hydrogen-bond acceptors (Lipinski definition) is 1. The van der Waals surface area contributed by atoms with Gasteiger partial charge in [-0.1, -0.05) is 32.9 Å². The van der Waals surface area contributed by atoms with Gasteiger partial charge in [0.25, 0.3) is 0 Å². The molecule has 2 N–H and O–H groups in total. The number of halogens is 1. The van der Waals surface area contributed by atoms with Gasteiger partial charge in [-0.25, -0.2) is 0 Å². The van der Waals surface area contributed by atoms with E-state index in [2.05, 4.69) is 67.6 Å². The first-order valence-corrected chi connectivity index (χ1v) is 5.50. The average molecular weight is 289 g/mol. The Morgan fingerprint density at radius 1 is 1.15 bits per heavy atom. The van der Waals surface area contributed by atoms with Crippen molar-refractivity contribution in [1.82, 2.24) is 0 Å². The highest BCUT2D eigenvalue weighted by atomic mass is 127. The van der Waals surface area contributed by atoms with Gasteiger partial charge in [0.1, 0.15) is 0 Å². The third-order valence-electron chi connectivity index (χ3n) is 2.16. The fourth-order valence-corrected chi connectivity index (χ4v) is 1.53. The Hall–Kier alpha value is -0.0900. The molecule has 1 rings (SSSR count). The van der Waals surface area contributed by atoms with Crippen molar-refractivity contribution in [2.24, 2.45) is 11.1 Å². The SMILES string of the molecule is CC(C)(C)[C@@H](N)c1ccc(I)cc1. The van der Waals surface area contributed by atoms with Gasteiger partial charge < -0.3 is 5.73 Å². The molecule has 0 aliphatic rings. The van der Waals surface area contributed by atoms with E-state index in [0.29, 0.717) is 0 Å². The number of hydrogen-bond donors (Lipinski definition) is 1. The monoisotopic (exact) mass is 289 g/mol. The summed E-state index contributed by atoms with van der Waals surface area (Å²) < 4.78 is 1.25. The van der Waals surface area contributed by atoms with Gasteiger partial charge >= 0.3 is 0 Å². The van der Waals surface area contributed by atoms with Crippen molar-refractivity contribution >= 4 is 22.6 Å². The number of nitrogens with two attached hydrogens (primary N) is 1. The van der Waals surface area contributed by atoms with Crippen LogP contribution in [0.3, 0.4) is 0 Å². The van der Waals surface area contributed by atoms with Crippen molar-refractivity contribution < 1.29 is 0 Å². The predicted octanol–water partition coefficient (Wildman–Crippen LogP) is 3.34. The lowest BCUT2D eigenvalue weighted by molar-refractivity contribution is 0.327. The lowest BCUT2D eigenvalue weighted by atomic mass is 9.83. The molecule has 0 bridgehead atoms. The highest BCUT2D eigenvalue weighted by Crippen LogP contribution is 2.30. The van der Waals surface area contributed by atoms with E-state index in [1.807, 2.05) is 0 Å². The van der Waals surface area contributed by atoms with Crippen LogP contribution in [0.1, 0.15) is 32.4 Å². The first-order valence-electron chi connectivity index (χ1n) is 4.42. The second-order valence-electron chi connectivity index (χ2n) is 4.40. The summed E-state index contributed by atoms with van der Waals surface area (Å²) in [5.41, 5.74) is 7.47. The molecule has 0 spiro atoms. The molecular weight excluding hydrogens is 273 g/mol. The Balaban J connectivity index is 2.90. The Bertz CT molecular complexity index is 271. The molecule has 0 aliphatic heterocycles. The summed E-state index contributed by atoms with van der Waals surface area (Å²) in [5, 5.41) is 0. The summed E-state index contributed by atoms with van der Waals surface area (Å²) >= 11 is 2.30. The summed E-state index contributed by atoms with van der Waals surface area (Å²) in [5.74, 6) is 0. The fraction of sp³-hybridized carbons (Fsp3) is 0.455. The van der Waals surface area contributed by atoms with E-state index in [0.717, 1.165) is 0 Å². The lowest BCUT2D eigenvalue weighted by Gasteiger charge is -2.27. The van der Waals surface area contributed by atoms with Gasteiger partial charge in [-0.15, -0.1) is 0 Å². The third kappa shape index (κ3) is 2.95. The molecule has 0 aromatic heterocycles. The Morgan fingerprint density at radius 2 is 1.62 bits per heavy atom. The third-order valence-corrected chi connectivity index (χ3v) is 2.88. The molecular formula is C11H16IN. The van der Waals surface area contributed by atoms with Gasteiger partial charge in [0, 0.05) is 9.61 Å². The highest BCUT2D eigenvalue weighted by molar-refractivity contribution is 14.1. The topological polar surface area (TPSA) is 26.0 Å². The molecule has 0 saturated carbocycles. The maximum Gasteiger partial charge on any atom is 0.0344 e. The van der Waals surface area contributed by atoms with Gasteiger partial charge in [-0.3, -0.25) is 0 Å². The molecule has 1 aromatic carbocycles. The van der Waals surface area contributed by atoms with Crippen molar-refractivity contribution in [3.8, 4) is 0 Å². The zero-order chi connectivity index (χ0) is 10.1. The molecule has 0 heterocycles. The Labute approximate surface area is 93.9 Å². The van der Waals surface area contributed by atoms with Crippen LogP contribution in [0, 0.1) is 8.99 Å². The minimum atomic E-state index is 0.115. The maximum absolute atomic E-state index is 6.12. The summed E-state index contributed by atoms with van der Waals surface area (Å²) in [6.07, 6.45) is 0. The first-order chi connectivity index (χ1) is 5.91. The van der Waals surface area contributed by atoms with Gasteiger partial charge in [0.15, 0.2) is 0 Å². The quantitative estimate of drug-likeness (QED) is 0.788. The van der Waals surface area contributed by atoms with Crippen molar-refractivity contribution in [3.63, 3.8) is 0 Å². The van der Waals surface area contributed by atoms with Crippen LogP contribution in [-0.2, 0) is 0 Å². The van der Waals surface area contributed by atoms with Crippen LogP contribution < -0.4 is 5.73 Å². The molecule has 0 radical (unpaired) electrons. The molecule has 72 valence electrons. The van der Waals surface area contributed by atoms with E-state index in [1.165, 1.54) is 9.13 Å². The first kappa shape index (κ1) is 11.0. The van der Waals surface area contributed by atoms with Crippen LogP contribution in [-0.4, -0.2) is 0 Å². The fourth-order valence-electron chi connectivity index (χ4n) is 1.17. The normalized spacial score (nSPS) is 14.2. The number of rotatable bonds is 1. The molecule has 1 atom stereocenters. The largest absolute Gasteiger partial charge is 0.324 e. The standard InChI is InChI=1S/C11H16IN/c1-11(2,3)10(13)8-4-6-9(12)7-5-8/h4-7,10H,13H2,1-3H3/t10-/m0/s1. The molecule has 0 unspecified atom stereocenters. The second kappa shape index (κ2) is 3.96. The highest BCUT2D eigenvalue weighted by Gasteiger charge is 2.21. The van der Waals surface area contributed by atoms with Crippen LogP contribution in [0.15, 0.2) is 24.3 Å². The van der Waals surface area contributed by atoms with Crippen LogP contribution >= 0.6 is 22.6 Å². The van der Waals surface area contributed by atoms with E-state index >= 15 is 0 Å². The van der Waals surface area contributed by atoms with Crippen LogP contribution in [0.5, 0.6) is 0 Å². The molecule has 0 saturated heterocycles. The van der Waals surface area contributed by atoms with Crippen LogP contribution in [0.4, 0.5) is 0 Å². The van der Waals surface area contributed by atoms with Crippen molar-refractivity contribution in [3.05, 3.63) is 33.4 Å². The maximum atomic E-state index is 6.12. The van der Waals surface area contributed by atoms with E-state index in [-0.39, 0.29) is 11.5 Å². The van der Waals surface area contributed by atoms with Gasteiger partial charge in [-0.2, -0.15) is 0 Å². The van der Waals surface area contributed by atoms with E-state index in [9.17, 15) is 0 Å². The molecule has 2 heteroatoms. The smallest absolute Gasteiger partial charge is 0.0344 e. The summed E-state index contributed by atoms with van der Waals surface area (Å²) in [7, 11) is 0. The van der Waals surface area contributed by atoms with E-state index in [1.54, 1.807) is 0 Å². The summed E-state index contributed by atoms with van der Waals surface area (Å²) in [6.45, 7) is 6.49. The molecule has 1 nitrogen and oxygen atoms in total. The Morgan fingerprint density at radius 3 is 2.00 bits per heavy atom. The summed E-state index contributed by atoms with van der Waals surface area (Å²) in [6, 6.07) is 8.53. The second-order valence-corrected chi connectivity index (χ2v) is 5.64.